The number of hydrogen-bond acceptors (Lipinski definition) is 5. The van der Waals surface area contributed by atoms with E-state index in [0.29, 0.717) is 12.0 Å². The quantitative estimate of drug-likeness (QED) is 0.615. The molecule has 0 saturated heterocycles. The van der Waals surface area contributed by atoms with Crippen molar-refractivity contribution in [2.75, 3.05) is 21.3 Å². The summed E-state index contributed by atoms with van der Waals surface area (Å²) in [4.78, 5) is 23.8. The molecule has 0 spiro atoms. The van der Waals surface area contributed by atoms with Gasteiger partial charge >= 0.3 is 5.97 Å². The van der Waals surface area contributed by atoms with E-state index in [0.717, 1.165) is 16.9 Å². The van der Waals surface area contributed by atoms with Gasteiger partial charge in [0.25, 0.3) is 0 Å². The molecule has 0 aliphatic rings. The topological polar surface area (TPSA) is 64.6 Å². The van der Waals surface area contributed by atoms with Crippen LogP contribution in [-0.2, 0) is 9.53 Å². The molecule has 1 N–H and O–H groups in total. The third kappa shape index (κ3) is 4.29. The fourth-order valence-corrected chi connectivity index (χ4v) is 2.23. The smallest absolute Gasteiger partial charge is 0.305 e. The van der Waals surface area contributed by atoms with Crippen LogP contribution >= 0.6 is 0 Å². The number of hydrogen-bond donors (Lipinski definition) is 1. The summed E-state index contributed by atoms with van der Waals surface area (Å²) in [6.07, 6.45) is 0.619. The van der Waals surface area contributed by atoms with Gasteiger partial charge in [0.1, 0.15) is 5.75 Å². The van der Waals surface area contributed by atoms with Crippen molar-refractivity contribution in [1.82, 2.24) is 5.32 Å². The van der Waals surface area contributed by atoms with Crippen molar-refractivity contribution in [3.05, 3.63) is 28.8 Å². The molecule has 1 aromatic rings. The average molecular weight is 293 g/mol. The zero-order valence-corrected chi connectivity index (χ0v) is 13.3. The highest BCUT2D eigenvalue weighted by atomic mass is 16.5. The Labute approximate surface area is 125 Å². The van der Waals surface area contributed by atoms with Crippen LogP contribution in [-0.4, -0.2) is 39.1 Å². The Bertz CT molecular complexity index is 525. The first kappa shape index (κ1) is 17.2. The number of benzene rings is 1. The molecule has 0 bridgehead atoms. The van der Waals surface area contributed by atoms with Crippen molar-refractivity contribution in [3.63, 3.8) is 0 Å². The number of methoxy groups -OCH3 is 2. The molecule has 5 heteroatoms. The van der Waals surface area contributed by atoms with E-state index in [2.05, 4.69) is 10.1 Å². The Balaban J connectivity index is 2.94. The minimum absolute atomic E-state index is 0.0235. The zero-order chi connectivity index (χ0) is 16.0. The third-order valence-corrected chi connectivity index (χ3v) is 3.54. The van der Waals surface area contributed by atoms with E-state index in [4.69, 9.17) is 4.74 Å². The molecule has 0 fully saturated rings. The number of aryl methyl sites for hydroxylation is 2. The molecule has 0 radical (unpaired) electrons. The van der Waals surface area contributed by atoms with Crippen LogP contribution in [0.4, 0.5) is 0 Å². The summed E-state index contributed by atoms with van der Waals surface area (Å²) in [5, 5.41) is 2.97. The van der Waals surface area contributed by atoms with Crippen molar-refractivity contribution >= 4 is 11.8 Å². The number of carbonyl (C=O) groups is 2. The van der Waals surface area contributed by atoms with Crippen LogP contribution in [0.15, 0.2) is 12.1 Å². The molecular weight excluding hydrogens is 270 g/mol. The van der Waals surface area contributed by atoms with Crippen LogP contribution < -0.4 is 10.1 Å². The summed E-state index contributed by atoms with van der Waals surface area (Å²) in [7, 11) is 4.66. The van der Waals surface area contributed by atoms with Crippen LogP contribution in [0.5, 0.6) is 5.75 Å². The summed E-state index contributed by atoms with van der Waals surface area (Å²) < 4.78 is 9.86. The molecule has 0 aliphatic carbocycles. The van der Waals surface area contributed by atoms with Crippen molar-refractivity contribution in [2.24, 2.45) is 0 Å². The molecule has 0 aliphatic heterocycles. The molecule has 1 aromatic carbocycles. The molecule has 116 valence electrons. The van der Waals surface area contributed by atoms with Gasteiger partial charge in [-0.3, -0.25) is 9.59 Å². The number of esters is 1. The molecule has 1 unspecified atom stereocenters. The highest BCUT2D eigenvalue weighted by molar-refractivity contribution is 6.01. The second-order valence-electron chi connectivity index (χ2n) is 4.96. The highest BCUT2D eigenvalue weighted by Crippen LogP contribution is 2.24. The Kier molecular flexibility index (Phi) is 6.37. The number of carbonyl (C=O) groups excluding carboxylic acids is 2. The number of Topliss-reactive ketones (excluding diaryl/α,β-unsaturated/α-hetero) is 1. The molecule has 5 nitrogen and oxygen atoms in total. The van der Waals surface area contributed by atoms with E-state index in [1.165, 1.54) is 7.11 Å². The molecule has 0 aromatic heterocycles. The summed E-state index contributed by atoms with van der Waals surface area (Å²) in [5.41, 5.74) is 2.42. The number of nitrogens with one attached hydrogen (secondary N) is 1. The van der Waals surface area contributed by atoms with Gasteiger partial charge in [0, 0.05) is 12.0 Å². The van der Waals surface area contributed by atoms with E-state index in [1.54, 1.807) is 14.2 Å². The predicted octanol–water partition coefficient (Wildman–Crippen LogP) is 2.04. The summed E-state index contributed by atoms with van der Waals surface area (Å²) >= 11 is 0. The van der Waals surface area contributed by atoms with Crippen LogP contribution in [0, 0.1) is 13.8 Å². The number of rotatable bonds is 7. The number of likely N-dealkylation sites (N-methyl/N-ethyl adjacent to an activating group) is 1. The molecular formula is C16H23NO4. The largest absolute Gasteiger partial charge is 0.496 e. The Morgan fingerprint density at radius 3 is 2.38 bits per heavy atom. The highest BCUT2D eigenvalue weighted by Gasteiger charge is 2.22. The zero-order valence-electron chi connectivity index (χ0n) is 13.3. The van der Waals surface area contributed by atoms with Gasteiger partial charge in [-0.2, -0.15) is 0 Å². The molecule has 0 saturated carbocycles. The van der Waals surface area contributed by atoms with Gasteiger partial charge in [0.2, 0.25) is 0 Å². The fourth-order valence-electron chi connectivity index (χ4n) is 2.23. The first-order valence-electron chi connectivity index (χ1n) is 6.88. The summed E-state index contributed by atoms with van der Waals surface area (Å²) in [5.74, 6) is 0.426. The van der Waals surface area contributed by atoms with Gasteiger partial charge < -0.3 is 14.8 Å². The molecule has 1 rings (SSSR count). The van der Waals surface area contributed by atoms with Gasteiger partial charge in [-0.15, -0.1) is 0 Å². The van der Waals surface area contributed by atoms with Crippen LogP contribution in [0.3, 0.4) is 0 Å². The SMILES string of the molecule is CNC(CCC(=O)OC)C(=O)c1cc(C)c(OC)cc1C. The first-order valence-corrected chi connectivity index (χ1v) is 6.88. The Morgan fingerprint density at radius 1 is 1.19 bits per heavy atom. The van der Waals surface area contributed by atoms with E-state index < -0.39 is 6.04 Å². The van der Waals surface area contributed by atoms with Crippen LogP contribution in [0.2, 0.25) is 0 Å². The molecule has 0 amide bonds. The molecule has 0 heterocycles. The number of ketones is 1. The van der Waals surface area contributed by atoms with Crippen molar-refractivity contribution in [3.8, 4) is 5.75 Å². The van der Waals surface area contributed by atoms with E-state index in [9.17, 15) is 9.59 Å². The van der Waals surface area contributed by atoms with Gasteiger partial charge in [0.05, 0.1) is 20.3 Å². The molecule has 1 atom stereocenters. The maximum absolute atomic E-state index is 12.6. The van der Waals surface area contributed by atoms with E-state index >= 15 is 0 Å². The summed E-state index contributed by atoms with van der Waals surface area (Å²) in [6.45, 7) is 3.78. The van der Waals surface area contributed by atoms with E-state index in [1.807, 2.05) is 26.0 Å². The van der Waals surface area contributed by atoms with Crippen molar-refractivity contribution in [1.29, 1.82) is 0 Å². The molecule has 21 heavy (non-hydrogen) atoms. The van der Waals surface area contributed by atoms with Gasteiger partial charge in [-0.05, 0) is 50.6 Å². The lowest BCUT2D eigenvalue weighted by molar-refractivity contribution is -0.140. The summed E-state index contributed by atoms with van der Waals surface area (Å²) in [6, 6.07) is 3.28. The average Bonchev–Trinajstić information content (AvgIpc) is 2.48. The Morgan fingerprint density at radius 2 is 1.86 bits per heavy atom. The van der Waals surface area contributed by atoms with Gasteiger partial charge in [0.15, 0.2) is 5.78 Å². The monoisotopic (exact) mass is 293 g/mol. The predicted molar refractivity (Wildman–Crippen MR) is 80.9 cm³/mol. The standard InChI is InChI=1S/C16H23NO4/c1-10-9-14(20-4)11(2)8-12(10)16(19)13(17-3)6-7-15(18)21-5/h8-9,13,17H,6-7H2,1-5H3. The second-order valence-corrected chi connectivity index (χ2v) is 4.96. The van der Waals surface area contributed by atoms with Gasteiger partial charge in [-0.25, -0.2) is 0 Å². The van der Waals surface area contributed by atoms with Crippen LogP contribution in [0.25, 0.3) is 0 Å². The van der Waals surface area contributed by atoms with Crippen molar-refractivity contribution < 1.29 is 19.1 Å². The normalized spacial score (nSPS) is 11.9. The maximum Gasteiger partial charge on any atom is 0.305 e. The first-order chi connectivity index (χ1) is 9.94. The lowest BCUT2D eigenvalue weighted by Crippen LogP contribution is -2.35. The second kappa shape index (κ2) is 7.78. The number of ether oxygens (including phenoxy) is 2. The van der Waals surface area contributed by atoms with Gasteiger partial charge in [-0.1, -0.05) is 0 Å². The minimum atomic E-state index is -0.407. The fraction of sp³-hybridized carbons (Fsp3) is 0.500. The Hall–Kier alpha value is -1.88. The lowest BCUT2D eigenvalue weighted by Gasteiger charge is -2.17. The third-order valence-electron chi connectivity index (χ3n) is 3.54. The maximum atomic E-state index is 12.6. The van der Waals surface area contributed by atoms with Crippen LogP contribution in [0.1, 0.15) is 34.3 Å². The lowest BCUT2D eigenvalue weighted by atomic mass is 9.95. The van der Waals surface area contributed by atoms with E-state index in [-0.39, 0.29) is 18.2 Å². The minimum Gasteiger partial charge on any atom is -0.496 e. The van der Waals surface area contributed by atoms with Crippen molar-refractivity contribution in [2.45, 2.75) is 32.7 Å².